The lowest BCUT2D eigenvalue weighted by molar-refractivity contribution is -0.384. The highest BCUT2D eigenvalue weighted by Crippen LogP contribution is 2.39. The summed E-state index contributed by atoms with van der Waals surface area (Å²) in [5.74, 6) is 0. The van der Waals surface area contributed by atoms with Crippen molar-refractivity contribution in [3.8, 4) is 16.8 Å². The summed E-state index contributed by atoms with van der Waals surface area (Å²) in [6, 6.07) is 30.8. The number of benzene rings is 3. The van der Waals surface area contributed by atoms with Crippen molar-refractivity contribution in [3.05, 3.63) is 120 Å². The van der Waals surface area contributed by atoms with Crippen LogP contribution in [0.1, 0.15) is 0 Å². The third kappa shape index (κ3) is 2.96. The minimum absolute atomic E-state index is 0.0675. The van der Waals surface area contributed by atoms with Crippen molar-refractivity contribution >= 4 is 55.3 Å². The van der Waals surface area contributed by atoms with Crippen molar-refractivity contribution in [1.29, 1.82) is 0 Å². The van der Waals surface area contributed by atoms with E-state index in [-0.39, 0.29) is 10.6 Å². The van der Waals surface area contributed by atoms with E-state index in [1.165, 1.54) is 6.07 Å². The molecule has 5 aromatic heterocycles. The molecule has 3 aromatic carbocycles. The SMILES string of the molecule is O=[N+]([O-])c1ccccc1-c1ccc2c(c1)c1c(nc3c4cccnc4c4cccnc4n31)n2-c1ccccc1. The van der Waals surface area contributed by atoms with Crippen molar-refractivity contribution < 1.29 is 4.92 Å². The van der Waals surface area contributed by atoms with E-state index in [0.29, 0.717) is 5.56 Å². The van der Waals surface area contributed by atoms with Gasteiger partial charge in [-0.25, -0.2) is 9.97 Å². The van der Waals surface area contributed by atoms with E-state index >= 15 is 0 Å². The number of nitrogens with zero attached hydrogens (tertiary/aromatic N) is 6. The Bertz CT molecular complexity index is 2270. The van der Waals surface area contributed by atoms with Gasteiger partial charge in [-0.1, -0.05) is 36.4 Å². The van der Waals surface area contributed by atoms with Gasteiger partial charge in [0.25, 0.3) is 5.69 Å². The van der Waals surface area contributed by atoms with Crippen LogP contribution in [0.5, 0.6) is 0 Å². The van der Waals surface area contributed by atoms with Crippen molar-refractivity contribution in [2.45, 2.75) is 0 Å². The Morgan fingerprint density at radius 1 is 0.692 bits per heavy atom. The summed E-state index contributed by atoms with van der Waals surface area (Å²) in [7, 11) is 0. The van der Waals surface area contributed by atoms with E-state index in [9.17, 15) is 10.1 Å². The number of aromatic nitrogens is 5. The van der Waals surface area contributed by atoms with E-state index in [4.69, 9.17) is 9.97 Å². The van der Waals surface area contributed by atoms with Gasteiger partial charge in [0.2, 0.25) is 0 Å². The van der Waals surface area contributed by atoms with E-state index in [1.807, 2.05) is 66.7 Å². The van der Waals surface area contributed by atoms with Crippen molar-refractivity contribution in [2.24, 2.45) is 0 Å². The number of rotatable bonds is 3. The van der Waals surface area contributed by atoms with E-state index in [0.717, 1.165) is 60.9 Å². The van der Waals surface area contributed by atoms with Crippen LogP contribution in [0.15, 0.2) is 109 Å². The fourth-order valence-electron chi connectivity index (χ4n) is 5.67. The third-order valence-corrected chi connectivity index (χ3v) is 7.29. The van der Waals surface area contributed by atoms with Crippen LogP contribution in [0.25, 0.3) is 66.5 Å². The minimum Gasteiger partial charge on any atom is -0.293 e. The molecule has 0 saturated carbocycles. The Balaban J connectivity index is 1.60. The number of fused-ring (bicyclic) bond motifs is 10. The van der Waals surface area contributed by atoms with Gasteiger partial charge < -0.3 is 0 Å². The van der Waals surface area contributed by atoms with Crippen LogP contribution >= 0.6 is 0 Å². The highest BCUT2D eigenvalue weighted by Gasteiger charge is 2.23. The second kappa shape index (κ2) is 7.93. The largest absolute Gasteiger partial charge is 0.293 e. The first-order chi connectivity index (χ1) is 19.2. The van der Waals surface area contributed by atoms with Gasteiger partial charge in [0.05, 0.1) is 21.5 Å². The molecule has 0 aliphatic carbocycles. The molecule has 0 unspecified atom stereocenters. The molecular weight excluding hydrogens is 488 g/mol. The van der Waals surface area contributed by atoms with Crippen molar-refractivity contribution in [2.75, 3.05) is 0 Å². The van der Waals surface area contributed by atoms with Crippen LogP contribution in [0.3, 0.4) is 0 Å². The summed E-state index contributed by atoms with van der Waals surface area (Å²) in [4.78, 5) is 26.1. The minimum atomic E-state index is -0.338. The molecular formula is C31H18N6O2. The van der Waals surface area contributed by atoms with Crippen LogP contribution in [0.4, 0.5) is 5.69 Å². The number of para-hydroxylation sites is 2. The first kappa shape index (κ1) is 21.5. The molecule has 0 bridgehead atoms. The zero-order valence-electron chi connectivity index (χ0n) is 20.4. The lowest BCUT2D eigenvalue weighted by Crippen LogP contribution is -1.96. The van der Waals surface area contributed by atoms with Crippen LogP contribution in [0, 0.1) is 10.1 Å². The number of pyridine rings is 3. The molecule has 0 aliphatic rings. The van der Waals surface area contributed by atoms with Gasteiger partial charge in [-0.15, -0.1) is 0 Å². The van der Waals surface area contributed by atoms with Gasteiger partial charge >= 0.3 is 0 Å². The lowest BCUT2D eigenvalue weighted by atomic mass is 10.0. The highest BCUT2D eigenvalue weighted by atomic mass is 16.6. The molecule has 0 radical (unpaired) electrons. The molecule has 8 nitrogen and oxygen atoms in total. The topological polar surface area (TPSA) is 91.2 Å². The number of imidazole rings is 1. The maximum Gasteiger partial charge on any atom is 0.277 e. The lowest BCUT2D eigenvalue weighted by Gasteiger charge is -2.09. The normalized spacial score (nSPS) is 11.8. The average Bonchev–Trinajstić information content (AvgIpc) is 3.53. The molecule has 0 aliphatic heterocycles. The van der Waals surface area contributed by atoms with Gasteiger partial charge in [0.15, 0.2) is 11.3 Å². The molecule has 0 fully saturated rings. The van der Waals surface area contributed by atoms with Gasteiger partial charge in [-0.05, 0) is 60.2 Å². The molecule has 0 amide bonds. The van der Waals surface area contributed by atoms with Gasteiger partial charge in [0, 0.05) is 40.3 Å². The molecule has 8 heteroatoms. The smallest absolute Gasteiger partial charge is 0.277 e. The number of nitro groups is 1. The monoisotopic (exact) mass is 506 g/mol. The van der Waals surface area contributed by atoms with Crippen molar-refractivity contribution in [1.82, 2.24) is 23.9 Å². The fraction of sp³-hybridized carbons (Fsp3) is 0. The zero-order valence-corrected chi connectivity index (χ0v) is 20.4. The quantitative estimate of drug-likeness (QED) is 0.145. The predicted octanol–water partition coefficient (Wildman–Crippen LogP) is 7.10. The van der Waals surface area contributed by atoms with Crippen LogP contribution in [-0.2, 0) is 0 Å². The summed E-state index contributed by atoms with van der Waals surface area (Å²) < 4.78 is 4.23. The first-order valence-electron chi connectivity index (χ1n) is 12.5. The molecule has 184 valence electrons. The Labute approximate surface area is 220 Å². The second-order valence-electron chi connectivity index (χ2n) is 9.39. The Hall–Kier alpha value is -5.63. The summed E-state index contributed by atoms with van der Waals surface area (Å²) in [6.45, 7) is 0. The summed E-state index contributed by atoms with van der Waals surface area (Å²) in [5, 5.41) is 14.6. The molecule has 0 saturated heterocycles. The molecule has 8 rings (SSSR count). The van der Waals surface area contributed by atoms with E-state index < -0.39 is 0 Å². The highest BCUT2D eigenvalue weighted by molar-refractivity contribution is 6.16. The first-order valence-corrected chi connectivity index (χ1v) is 12.5. The van der Waals surface area contributed by atoms with Gasteiger partial charge in [0.1, 0.15) is 11.2 Å². The summed E-state index contributed by atoms with van der Waals surface area (Å²) in [5.41, 5.74) is 7.34. The Kier molecular flexibility index (Phi) is 4.36. The maximum atomic E-state index is 11.8. The Morgan fingerprint density at radius 2 is 1.44 bits per heavy atom. The van der Waals surface area contributed by atoms with E-state index in [2.05, 4.69) is 26.1 Å². The standard InChI is InChI=1S/C31H18N6O2/c38-37(39)26-13-5-4-10-21(26)19-14-15-25-24(18-19)28-31(35(25)20-8-2-1-3-9-20)34-30-23-12-6-16-32-27(23)22-11-7-17-33-29(22)36(28)30/h1-18H. The van der Waals surface area contributed by atoms with Gasteiger partial charge in [-0.2, -0.15) is 0 Å². The number of hydrogen-bond donors (Lipinski definition) is 0. The molecule has 8 aromatic rings. The predicted molar refractivity (Wildman–Crippen MR) is 152 cm³/mol. The second-order valence-corrected chi connectivity index (χ2v) is 9.39. The molecule has 0 atom stereocenters. The fourth-order valence-corrected chi connectivity index (χ4v) is 5.67. The molecule has 0 N–H and O–H groups in total. The van der Waals surface area contributed by atoms with Crippen LogP contribution in [-0.4, -0.2) is 28.8 Å². The molecule has 39 heavy (non-hydrogen) atoms. The summed E-state index contributed by atoms with van der Waals surface area (Å²) in [6.07, 6.45) is 3.56. The summed E-state index contributed by atoms with van der Waals surface area (Å²) >= 11 is 0. The Morgan fingerprint density at radius 3 is 2.26 bits per heavy atom. The van der Waals surface area contributed by atoms with Crippen molar-refractivity contribution in [3.63, 3.8) is 0 Å². The van der Waals surface area contributed by atoms with Crippen LogP contribution in [0.2, 0.25) is 0 Å². The number of hydrogen-bond acceptors (Lipinski definition) is 5. The van der Waals surface area contributed by atoms with E-state index in [1.54, 1.807) is 24.5 Å². The molecule has 5 heterocycles. The van der Waals surface area contributed by atoms with Gasteiger partial charge in [-0.3, -0.25) is 24.1 Å². The number of nitro benzene ring substituents is 1. The maximum absolute atomic E-state index is 11.8. The average molecular weight is 507 g/mol. The zero-order chi connectivity index (χ0) is 26.1. The third-order valence-electron chi connectivity index (χ3n) is 7.29. The molecule has 0 spiro atoms. The van der Waals surface area contributed by atoms with Crippen LogP contribution < -0.4 is 0 Å².